The van der Waals surface area contributed by atoms with Gasteiger partial charge >= 0.3 is 0 Å². The van der Waals surface area contributed by atoms with Gasteiger partial charge in [-0.3, -0.25) is 4.79 Å². The van der Waals surface area contributed by atoms with Crippen LogP contribution in [0.3, 0.4) is 0 Å². The lowest BCUT2D eigenvalue weighted by atomic mass is 10.2. The third-order valence-corrected chi connectivity index (χ3v) is 4.27. The highest BCUT2D eigenvalue weighted by Gasteiger charge is 2.09. The van der Waals surface area contributed by atoms with Crippen LogP contribution in [0.15, 0.2) is 47.2 Å². The molecule has 1 aromatic carbocycles. The standard InChI is InChI=1S/C17H17N3O3S/c1-11(21)20-12-5-6-14(16(8-12)22-2)18-9-13-10-19-17(24-13)15-4-3-7-23-15/h3-8,10,18H,9H2,1-2H3,(H,20,21). The number of ether oxygens (including phenoxy) is 1. The minimum absolute atomic E-state index is 0.118. The zero-order chi connectivity index (χ0) is 16.9. The monoisotopic (exact) mass is 343 g/mol. The average Bonchev–Trinajstić information content (AvgIpc) is 3.24. The van der Waals surface area contributed by atoms with Gasteiger partial charge in [0.25, 0.3) is 0 Å². The Morgan fingerprint density at radius 2 is 2.25 bits per heavy atom. The molecule has 0 bridgehead atoms. The zero-order valence-corrected chi connectivity index (χ0v) is 14.1. The summed E-state index contributed by atoms with van der Waals surface area (Å²) in [5.41, 5.74) is 1.54. The minimum Gasteiger partial charge on any atom is -0.495 e. The SMILES string of the molecule is COc1cc(NC(C)=O)ccc1NCc1cnc(-c2ccco2)s1. The largest absolute Gasteiger partial charge is 0.495 e. The van der Waals surface area contributed by atoms with Gasteiger partial charge in [0, 0.05) is 29.8 Å². The lowest BCUT2D eigenvalue weighted by Gasteiger charge is -2.12. The number of carbonyl (C=O) groups excluding carboxylic acids is 1. The van der Waals surface area contributed by atoms with Crippen molar-refractivity contribution >= 4 is 28.6 Å². The lowest BCUT2D eigenvalue weighted by Crippen LogP contribution is -2.06. The molecular weight excluding hydrogens is 326 g/mol. The molecule has 0 unspecified atom stereocenters. The van der Waals surface area contributed by atoms with Crippen LogP contribution in [0.5, 0.6) is 5.75 Å². The van der Waals surface area contributed by atoms with Gasteiger partial charge in [-0.2, -0.15) is 0 Å². The van der Waals surface area contributed by atoms with Crippen LogP contribution in [0.25, 0.3) is 10.8 Å². The van der Waals surface area contributed by atoms with E-state index in [1.807, 2.05) is 30.5 Å². The maximum atomic E-state index is 11.1. The number of thiazole rings is 1. The van der Waals surface area contributed by atoms with E-state index < -0.39 is 0 Å². The summed E-state index contributed by atoms with van der Waals surface area (Å²) in [6.07, 6.45) is 3.46. The van der Waals surface area contributed by atoms with Gasteiger partial charge in [0.1, 0.15) is 5.75 Å². The van der Waals surface area contributed by atoms with Crippen molar-refractivity contribution in [2.75, 3.05) is 17.7 Å². The molecule has 0 aliphatic rings. The Morgan fingerprint density at radius 3 is 2.96 bits per heavy atom. The summed E-state index contributed by atoms with van der Waals surface area (Å²) >= 11 is 1.57. The Morgan fingerprint density at radius 1 is 1.38 bits per heavy atom. The summed E-state index contributed by atoms with van der Waals surface area (Å²) in [5, 5.41) is 6.91. The average molecular weight is 343 g/mol. The van der Waals surface area contributed by atoms with E-state index in [-0.39, 0.29) is 5.91 Å². The predicted octanol–water partition coefficient (Wildman–Crippen LogP) is 3.98. The Balaban J connectivity index is 1.69. The molecule has 24 heavy (non-hydrogen) atoms. The van der Waals surface area contributed by atoms with Gasteiger partial charge in [-0.1, -0.05) is 0 Å². The molecule has 0 fully saturated rings. The van der Waals surface area contributed by atoms with Gasteiger partial charge in [-0.05, 0) is 24.3 Å². The number of hydrogen-bond donors (Lipinski definition) is 2. The van der Waals surface area contributed by atoms with Crippen molar-refractivity contribution in [3.05, 3.63) is 47.7 Å². The molecule has 2 N–H and O–H groups in total. The highest BCUT2D eigenvalue weighted by molar-refractivity contribution is 7.14. The fourth-order valence-electron chi connectivity index (χ4n) is 2.20. The van der Waals surface area contributed by atoms with Crippen molar-refractivity contribution in [1.29, 1.82) is 0 Å². The fourth-order valence-corrected chi connectivity index (χ4v) is 3.02. The molecule has 0 aliphatic heterocycles. The molecule has 6 nitrogen and oxygen atoms in total. The van der Waals surface area contributed by atoms with Gasteiger partial charge in [-0.25, -0.2) is 4.98 Å². The third kappa shape index (κ3) is 3.75. The van der Waals surface area contributed by atoms with Crippen molar-refractivity contribution in [2.24, 2.45) is 0 Å². The molecule has 0 aliphatic carbocycles. The number of benzene rings is 1. The first-order valence-electron chi connectivity index (χ1n) is 7.34. The van der Waals surface area contributed by atoms with E-state index in [0.29, 0.717) is 18.0 Å². The molecule has 2 aromatic heterocycles. The van der Waals surface area contributed by atoms with E-state index in [9.17, 15) is 4.79 Å². The van der Waals surface area contributed by atoms with E-state index in [0.717, 1.165) is 21.3 Å². The summed E-state index contributed by atoms with van der Waals surface area (Å²) in [4.78, 5) is 16.6. The van der Waals surface area contributed by atoms with Crippen LogP contribution in [0.2, 0.25) is 0 Å². The molecule has 124 valence electrons. The molecule has 0 radical (unpaired) electrons. The highest BCUT2D eigenvalue weighted by atomic mass is 32.1. The topological polar surface area (TPSA) is 76.4 Å². The second kappa shape index (κ2) is 7.18. The van der Waals surface area contributed by atoms with Gasteiger partial charge in [0.15, 0.2) is 10.8 Å². The summed E-state index contributed by atoms with van der Waals surface area (Å²) in [6.45, 7) is 2.09. The molecule has 3 rings (SSSR count). The predicted molar refractivity (Wildman–Crippen MR) is 94.4 cm³/mol. The van der Waals surface area contributed by atoms with E-state index in [1.54, 1.807) is 30.8 Å². The quantitative estimate of drug-likeness (QED) is 0.708. The number of nitrogens with one attached hydrogen (secondary N) is 2. The van der Waals surface area contributed by atoms with Crippen LogP contribution in [0, 0.1) is 0 Å². The molecule has 0 spiro atoms. The summed E-state index contributed by atoms with van der Waals surface area (Å²) < 4.78 is 10.7. The van der Waals surface area contributed by atoms with Gasteiger partial charge in [0.2, 0.25) is 5.91 Å². The first kappa shape index (κ1) is 16.1. The maximum absolute atomic E-state index is 11.1. The van der Waals surface area contributed by atoms with Crippen LogP contribution in [0.1, 0.15) is 11.8 Å². The van der Waals surface area contributed by atoms with Gasteiger partial charge in [-0.15, -0.1) is 11.3 Å². The zero-order valence-electron chi connectivity index (χ0n) is 13.3. The Labute approximate surface area is 143 Å². The second-order valence-electron chi connectivity index (χ2n) is 5.06. The van der Waals surface area contributed by atoms with Gasteiger partial charge in [0.05, 0.1) is 25.6 Å². The van der Waals surface area contributed by atoms with Crippen molar-refractivity contribution in [3.8, 4) is 16.5 Å². The third-order valence-electron chi connectivity index (χ3n) is 3.26. The number of hydrogen-bond acceptors (Lipinski definition) is 6. The molecule has 0 saturated carbocycles. The Bertz CT molecular complexity index is 827. The smallest absolute Gasteiger partial charge is 0.221 e. The lowest BCUT2D eigenvalue weighted by molar-refractivity contribution is -0.114. The maximum Gasteiger partial charge on any atom is 0.221 e. The minimum atomic E-state index is -0.118. The number of aromatic nitrogens is 1. The van der Waals surface area contributed by atoms with E-state index >= 15 is 0 Å². The van der Waals surface area contributed by atoms with Crippen LogP contribution >= 0.6 is 11.3 Å². The molecule has 3 aromatic rings. The number of nitrogens with zero attached hydrogens (tertiary/aromatic N) is 1. The first-order valence-corrected chi connectivity index (χ1v) is 8.15. The highest BCUT2D eigenvalue weighted by Crippen LogP contribution is 2.30. The number of rotatable bonds is 6. The van der Waals surface area contributed by atoms with E-state index in [1.165, 1.54) is 6.92 Å². The number of carbonyl (C=O) groups is 1. The van der Waals surface area contributed by atoms with Crippen molar-refractivity contribution < 1.29 is 13.9 Å². The second-order valence-corrected chi connectivity index (χ2v) is 6.17. The van der Waals surface area contributed by atoms with Crippen LogP contribution < -0.4 is 15.4 Å². The first-order chi connectivity index (χ1) is 11.7. The molecular formula is C17H17N3O3S. The van der Waals surface area contributed by atoms with Crippen molar-refractivity contribution in [2.45, 2.75) is 13.5 Å². The molecule has 7 heteroatoms. The van der Waals surface area contributed by atoms with Crippen molar-refractivity contribution in [1.82, 2.24) is 4.98 Å². The van der Waals surface area contributed by atoms with Gasteiger partial charge < -0.3 is 19.8 Å². The number of amides is 1. The Hall–Kier alpha value is -2.80. The van der Waals surface area contributed by atoms with E-state index in [2.05, 4.69) is 15.6 Å². The van der Waals surface area contributed by atoms with Crippen molar-refractivity contribution in [3.63, 3.8) is 0 Å². The molecule has 2 heterocycles. The molecule has 1 amide bonds. The van der Waals surface area contributed by atoms with Crippen LogP contribution in [-0.2, 0) is 11.3 Å². The normalized spacial score (nSPS) is 10.4. The Kier molecular flexibility index (Phi) is 4.81. The summed E-state index contributed by atoms with van der Waals surface area (Å²) in [5.74, 6) is 1.31. The number of methoxy groups -OCH3 is 1. The molecule has 0 saturated heterocycles. The summed E-state index contributed by atoms with van der Waals surface area (Å²) in [6, 6.07) is 9.21. The number of furan rings is 1. The molecule has 0 atom stereocenters. The van der Waals surface area contributed by atoms with Crippen LogP contribution in [-0.4, -0.2) is 18.0 Å². The summed E-state index contributed by atoms with van der Waals surface area (Å²) in [7, 11) is 1.60. The van der Waals surface area contributed by atoms with Crippen LogP contribution in [0.4, 0.5) is 11.4 Å². The van der Waals surface area contributed by atoms with E-state index in [4.69, 9.17) is 9.15 Å². The fraction of sp³-hybridized carbons (Fsp3) is 0.176. The number of anilines is 2.